The average Bonchev–Trinajstić information content (AvgIpc) is 2.61. The van der Waals surface area contributed by atoms with Gasteiger partial charge in [0, 0.05) is 5.56 Å². The maximum atomic E-state index is 5.55. The molecule has 0 aliphatic carbocycles. The molecule has 0 heteroatoms. The molecule has 0 nitrogen and oxygen atoms in total. The molecular formula is C22H14. The van der Waals surface area contributed by atoms with Crippen LogP contribution < -0.4 is 0 Å². The van der Waals surface area contributed by atoms with E-state index in [0.717, 1.165) is 11.1 Å². The summed E-state index contributed by atoms with van der Waals surface area (Å²) in [4.78, 5) is 0. The van der Waals surface area contributed by atoms with Crippen LogP contribution in [-0.4, -0.2) is 0 Å². The Hall–Kier alpha value is -3.04. The van der Waals surface area contributed by atoms with Crippen LogP contribution in [0.1, 0.15) is 5.56 Å². The molecule has 102 valence electrons. The predicted octanol–water partition coefficient (Wildman–Crippen LogP) is 5.64. The van der Waals surface area contributed by atoms with Gasteiger partial charge in [0.05, 0.1) is 0 Å². The molecule has 0 atom stereocenters. The summed E-state index contributed by atoms with van der Waals surface area (Å²) >= 11 is 0. The van der Waals surface area contributed by atoms with E-state index in [4.69, 9.17) is 6.42 Å². The lowest BCUT2D eigenvalue weighted by Crippen LogP contribution is -1.85. The fourth-order valence-corrected chi connectivity index (χ4v) is 3.07. The summed E-state index contributed by atoms with van der Waals surface area (Å²) in [6, 6.07) is 27.5. The summed E-state index contributed by atoms with van der Waals surface area (Å²) in [5, 5.41) is 5.08. The van der Waals surface area contributed by atoms with E-state index in [0.29, 0.717) is 0 Å². The summed E-state index contributed by atoms with van der Waals surface area (Å²) < 4.78 is 0. The van der Waals surface area contributed by atoms with Gasteiger partial charge in [0.1, 0.15) is 0 Å². The number of benzene rings is 4. The second-order valence-corrected chi connectivity index (χ2v) is 5.42. The molecular weight excluding hydrogens is 264 g/mol. The number of hydrogen-bond acceptors (Lipinski definition) is 0. The molecule has 0 heterocycles. The fraction of sp³-hybridized carbons (Fsp3) is 0. The first-order valence-corrected chi connectivity index (χ1v) is 7.34. The molecule has 0 unspecified atom stereocenters. The molecule has 0 radical (unpaired) electrons. The van der Waals surface area contributed by atoms with Crippen LogP contribution in [0.5, 0.6) is 0 Å². The standard InChI is InChI=1S/C22H14/c1-2-16-8-7-10-17(14-16)22-15-18-9-3-4-11-19(18)20-12-5-6-13-21(20)22/h1,3-15H. The Morgan fingerprint density at radius 3 is 2.18 bits per heavy atom. The van der Waals surface area contributed by atoms with E-state index in [1.54, 1.807) is 0 Å². The molecule has 4 aromatic rings. The summed E-state index contributed by atoms with van der Waals surface area (Å²) in [6.45, 7) is 0. The van der Waals surface area contributed by atoms with E-state index < -0.39 is 0 Å². The molecule has 0 bridgehead atoms. The van der Waals surface area contributed by atoms with Gasteiger partial charge in [-0.25, -0.2) is 0 Å². The number of rotatable bonds is 1. The highest BCUT2D eigenvalue weighted by atomic mass is 14.1. The molecule has 0 aliphatic heterocycles. The summed E-state index contributed by atoms with van der Waals surface area (Å²) in [7, 11) is 0. The van der Waals surface area contributed by atoms with E-state index in [1.807, 2.05) is 12.1 Å². The zero-order chi connectivity index (χ0) is 14.9. The van der Waals surface area contributed by atoms with E-state index >= 15 is 0 Å². The van der Waals surface area contributed by atoms with Crippen molar-refractivity contribution in [2.45, 2.75) is 0 Å². The third-order valence-corrected chi connectivity index (χ3v) is 4.11. The Labute approximate surface area is 130 Å². The van der Waals surface area contributed by atoms with Crippen LogP contribution in [0.2, 0.25) is 0 Å². The van der Waals surface area contributed by atoms with Crippen LogP contribution in [0, 0.1) is 12.3 Å². The molecule has 0 N–H and O–H groups in total. The summed E-state index contributed by atoms with van der Waals surface area (Å²) in [5.74, 6) is 2.72. The van der Waals surface area contributed by atoms with E-state index in [2.05, 4.69) is 72.7 Å². The molecule has 0 fully saturated rings. The topological polar surface area (TPSA) is 0 Å². The Balaban J connectivity index is 2.14. The second kappa shape index (κ2) is 5.06. The minimum Gasteiger partial charge on any atom is -0.115 e. The molecule has 4 aromatic carbocycles. The highest BCUT2D eigenvalue weighted by molar-refractivity contribution is 6.13. The lowest BCUT2D eigenvalue weighted by Gasteiger charge is -2.11. The van der Waals surface area contributed by atoms with Gasteiger partial charge in [-0.3, -0.25) is 0 Å². The normalized spacial score (nSPS) is 10.7. The molecule has 0 spiro atoms. The monoisotopic (exact) mass is 278 g/mol. The minimum atomic E-state index is 0.912. The van der Waals surface area contributed by atoms with Gasteiger partial charge in [-0.1, -0.05) is 66.6 Å². The highest BCUT2D eigenvalue weighted by Crippen LogP contribution is 2.34. The van der Waals surface area contributed by atoms with Crippen molar-refractivity contribution in [2.24, 2.45) is 0 Å². The van der Waals surface area contributed by atoms with Crippen molar-refractivity contribution in [3.05, 3.63) is 84.4 Å². The predicted molar refractivity (Wildman–Crippen MR) is 94.8 cm³/mol. The lowest BCUT2D eigenvalue weighted by atomic mass is 9.93. The second-order valence-electron chi connectivity index (χ2n) is 5.42. The van der Waals surface area contributed by atoms with Gasteiger partial charge in [-0.15, -0.1) is 6.42 Å². The van der Waals surface area contributed by atoms with Crippen LogP contribution in [-0.2, 0) is 0 Å². The first kappa shape index (κ1) is 12.7. The number of fused-ring (bicyclic) bond motifs is 3. The van der Waals surface area contributed by atoms with Gasteiger partial charge >= 0.3 is 0 Å². The number of hydrogen-bond donors (Lipinski definition) is 0. The Kier molecular flexibility index (Phi) is 2.92. The third-order valence-electron chi connectivity index (χ3n) is 4.11. The summed E-state index contributed by atoms with van der Waals surface area (Å²) in [5.41, 5.74) is 3.30. The maximum absolute atomic E-state index is 5.55. The zero-order valence-corrected chi connectivity index (χ0v) is 12.1. The summed E-state index contributed by atoms with van der Waals surface area (Å²) in [6.07, 6.45) is 5.55. The van der Waals surface area contributed by atoms with Crippen molar-refractivity contribution < 1.29 is 0 Å². The first-order valence-electron chi connectivity index (χ1n) is 7.34. The lowest BCUT2D eigenvalue weighted by molar-refractivity contribution is 1.62. The van der Waals surface area contributed by atoms with E-state index in [1.165, 1.54) is 27.1 Å². The third kappa shape index (κ3) is 1.96. The van der Waals surface area contributed by atoms with Gasteiger partial charge < -0.3 is 0 Å². The highest BCUT2D eigenvalue weighted by Gasteiger charge is 2.08. The SMILES string of the molecule is C#Cc1cccc(-c2cc3ccccc3c3ccccc23)c1. The van der Waals surface area contributed by atoms with Crippen molar-refractivity contribution in [3.63, 3.8) is 0 Å². The number of terminal acetylenes is 1. The van der Waals surface area contributed by atoms with E-state index in [9.17, 15) is 0 Å². The molecule has 22 heavy (non-hydrogen) atoms. The minimum absolute atomic E-state index is 0.912. The quantitative estimate of drug-likeness (QED) is 0.312. The Bertz CT molecular complexity index is 1030. The van der Waals surface area contributed by atoms with Gasteiger partial charge in [-0.2, -0.15) is 0 Å². The Morgan fingerprint density at radius 1 is 0.636 bits per heavy atom. The molecule has 0 saturated carbocycles. The Morgan fingerprint density at radius 2 is 1.36 bits per heavy atom. The fourth-order valence-electron chi connectivity index (χ4n) is 3.07. The first-order chi connectivity index (χ1) is 10.9. The smallest absolute Gasteiger partial charge is 0.0248 e. The van der Waals surface area contributed by atoms with Crippen molar-refractivity contribution >= 4 is 21.5 Å². The van der Waals surface area contributed by atoms with Crippen LogP contribution in [0.3, 0.4) is 0 Å². The largest absolute Gasteiger partial charge is 0.115 e. The maximum Gasteiger partial charge on any atom is 0.0248 e. The van der Waals surface area contributed by atoms with Crippen molar-refractivity contribution in [3.8, 4) is 23.5 Å². The van der Waals surface area contributed by atoms with Gasteiger partial charge in [0.15, 0.2) is 0 Å². The molecule has 0 amide bonds. The molecule has 4 rings (SSSR count). The van der Waals surface area contributed by atoms with Gasteiger partial charge in [0.25, 0.3) is 0 Å². The van der Waals surface area contributed by atoms with E-state index in [-0.39, 0.29) is 0 Å². The van der Waals surface area contributed by atoms with Gasteiger partial charge in [0.2, 0.25) is 0 Å². The molecule has 0 aliphatic rings. The van der Waals surface area contributed by atoms with Crippen molar-refractivity contribution in [2.75, 3.05) is 0 Å². The van der Waals surface area contributed by atoms with Crippen LogP contribution in [0.4, 0.5) is 0 Å². The average molecular weight is 278 g/mol. The van der Waals surface area contributed by atoms with Crippen LogP contribution in [0.15, 0.2) is 78.9 Å². The van der Waals surface area contributed by atoms with Crippen LogP contribution in [0.25, 0.3) is 32.7 Å². The molecule has 0 aromatic heterocycles. The van der Waals surface area contributed by atoms with Crippen molar-refractivity contribution in [1.29, 1.82) is 0 Å². The zero-order valence-electron chi connectivity index (χ0n) is 12.1. The van der Waals surface area contributed by atoms with Crippen LogP contribution >= 0.6 is 0 Å². The molecule has 0 saturated heterocycles. The van der Waals surface area contributed by atoms with Gasteiger partial charge in [-0.05, 0) is 50.9 Å². The van der Waals surface area contributed by atoms with Crippen molar-refractivity contribution in [1.82, 2.24) is 0 Å².